The number of dihydropyridines is 1. The third-order valence-corrected chi connectivity index (χ3v) is 7.68. The van der Waals surface area contributed by atoms with E-state index in [-0.39, 0.29) is 17.1 Å². The number of hydrogen-bond donors (Lipinski definition) is 1. The first kappa shape index (κ1) is 19.9. The number of likely N-dealkylation sites (tertiary alicyclic amines) is 1. The lowest BCUT2D eigenvalue weighted by atomic mass is 9.61. The van der Waals surface area contributed by atoms with Crippen molar-refractivity contribution in [1.29, 1.82) is 0 Å². The first-order valence-electron chi connectivity index (χ1n) is 11.4. The lowest BCUT2D eigenvalue weighted by molar-refractivity contribution is -0.119. The van der Waals surface area contributed by atoms with Gasteiger partial charge in [-0.25, -0.2) is 0 Å². The molecule has 6 rings (SSSR count). The third-order valence-electron chi connectivity index (χ3n) is 7.68. The number of benzene rings is 1. The number of nitrogens with one attached hydrogen (secondary N) is 1. The van der Waals surface area contributed by atoms with Crippen LogP contribution in [0.3, 0.4) is 0 Å². The number of azo groups is 1. The van der Waals surface area contributed by atoms with Gasteiger partial charge in [0, 0.05) is 28.8 Å². The number of carbonyl (C=O) groups excluding carboxylic acids is 2. The van der Waals surface area contributed by atoms with E-state index in [0.717, 1.165) is 34.6 Å². The van der Waals surface area contributed by atoms with Crippen LogP contribution in [-0.4, -0.2) is 48.4 Å². The van der Waals surface area contributed by atoms with E-state index in [1.807, 2.05) is 36.1 Å². The molecule has 0 bridgehead atoms. The maximum absolute atomic E-state index is 13.4. The van der Waals surface area contributed by atoms with E-state index in [4.69, 9.17) is 4.74 Å². The highest BCUT2D eigenvalue weighted by molar-refractivity contribution is 6.00. The molecule has 4 heterocycles. The van der Waals surface area contributed by atoms with Gasteiger partial charge >= 0.3 is 0 Å². The Morgan fingerprint density at radius 2 is 1.91 bits per heavy atom. The summed E-state index contributed by atoms with van der Waals surface area (Å²) in [6, 6.07) is 7.68. The minimum absolute atomic E-state index is 0.0339. The zero-order chi connectivity index (χ0) is 22.3. The lowest BCUT2D eigenvalue weighted by Gasteiger charge is -2.48. The summed E-state index contributed by atoms with van der Waals surface area (Å²) in [5, 5.41) is 12.1. The number of hydrogen-bond acceptors (Lipinski definition) is 6. The molecule has 7 nitrogen and oxygen atoms in total. The van der Waals surface area contributed by atoms with Gasteiger partial charge in [0.15, 0.2) is 11.6 Å². The normalized spacial score (nSPS) is 29.3. The monoisotopic (exact) mass is 432 g/mol. The van der Waals surface area contributed by atoms with Gasteiger partial charge in [-0.3, -0.25) is 9.59 Å². The van der Waals surface area contributed by atoms with Crippen molar-refractivity contribution in [3.05, 3.63) is 58.1 Å². The topological polar surface area (TPSA) is 83.4 Å². The molecule has 5 aliphatic rings. The fraction of sp³-hybridized carbons (Fsp3) is 0.520. The zero-order valence-electron chi connectivity index (χ0n) is 18.8. The Hall–Kier alpha value is -2.80. The van der Waals surface area contributed by atoms with Crippen LogP contribution < -0.4 is 5.32 Å². The minimum atomic E-state index is -0.480. The Morgan fingerprint density at radius 3 is 2.66 bits per heavy atom. The summed E-state index contributed by atoms with van der Waals surface area (Å²) in [5.74, 6) is 1.03. The molecule has 0 aromatic heterocycles. The van der Waals surface area contributed by atoms with E-state index < -0.39 is 11.0 Å². The molecule has 1 amide bonds. The number of amides is 1. The smallest absolute Gasteiger partial charge is 0.254 e. The molecule has 0 saturated carbocycles. The molecule has 1 N–H and O–H groups in total. The molecule has 0 radical (unpaired) electrons. The summed E-state index contributed by atoms with van der Waals surface area (Å²) >= 11 is 0. The number of nitrogens with zero attached hydrogens (tertiary/aromatic N) is 3. The summed E-state index contributed by atoms with van der Waals surface area (Å²) in [7, 11) is 0. The predicted molar refractivity (Wildman–Crippen MR) is 118 cm³/mol. The van der Waals surface area contributed by atoms with Crippen LogP contribution in [-0.2, 0) is 9.53 Å². The Balaban J connectivity index is 1.29. The SMILES string of the molecule is Cc1ccc(C(=O)N2CC3(C2)CC2(CO3)C3=C(N=NC3)NC3=C2C(=O)CC(C)(C)C3)cc1. The number of rotatable bonds is 1. The van der Waals surface area contributed by atoms with Crippen LogP contribution in [0.5, 0.6) is 0 Å². The Bertz CT molecular complexity index is 1140. The summed E-state index contributed by atoms with van der Waals surface area (Å²) in [6.07, 6.45) is 2.05. The van der Waals surface area contributed by atoms with Gasteiger partial charge in [-0.15, -0.1) is 5.11 Å². The summed E-state index contributed by atoms with van der Waals surface area (Å²) < 4.78 is 6.44. The molecule has 32 heavy (non-hydrogen) atoms. The van der Waals surface area contributed by atoms with Crippen LogP contribution >= 0.6 is 0 Å². The number of aryl methyl sites for hydroxylation is 1. The second-order valence-electron chi connectivity index (χ2n) is 10.9. The minimum Gasteiger partial charge on any atom is -0.370 e. The van der Waals surface area contributed by atoms with E-state index in [2.05, 4.69) is 29.4 Å². The maximum atomic E-state index is 13.4. The van der Waals surface area contributed by atoms with Crippen molar-refractivity contribution in [2.24, 2.45) is 21.1 Å². The number of ether oxygens (including phenoxy) is 1. The van der Waals surface area contributed by atoms with Gasteiger partial charge in [-0.2, -0.15) is 5.11 Å². The van der Waals surface area contributed by atoms with Crippen molar-refractivity contribution in [2.45, 2.75) is 45.6 Å². The van der Waals surface area contributed by atoms with E-state index in [1.165, 1.54) is 0 Å². The third kappa shape index (κ3) is 2.76. The van der Waals surface area contributed by atoms with Crippen LogP contribution in [0.4, 0.5) is 0 Å². The number of carbonyl (C=O) groups is 2. The van der Waals surface area contributed by atoms with Gasteiger partial charge in [-0.05, 0) is 37.3 Å². The van der Waals surface area contributed by atoms with Crippen molar-refractivity contribution in [1.82, 2.24) is 10.2 Å². The fourth-order valence-corrected chi connectivity index (χ4v) is 6.22. The van der Waals surface area contributed by atoms with Gasteiger partial charge < -0.3 is 15.0 Å². The molecule has 4 aliphatic heterocycles. The molecule has 7 heteroatoms. The van der Waals surface area contributed by atoms with E-state index in [0.29, 0.717) is 44.6 Å². The highest BCUT2D eigenvalue weighted by Gasteiger charge is 2.63. The molecule has 2 spiro atoms. The Morgan fingerprint density at radius 1 is 1.16 bits per heavy atom. The van der Waals surface area contributed by atoms with Gasteiger partial charge in [0.05, 0.1) is 31.7 Å². The number of fused-ring (bicyclic) bond motifs is 2. The van der Waals surface area contributed by atoms with Crippen molar-refractivity contribution < 1.29 is 14.3 Å². The second-order valence-corrected chi connectivity index (χ2v) is 10.9. The maximum Gasteiger partial charge on any atom is 0.254 e. The van der Waals surface area contributed by atoms with Crippen molar-refractivity contribution in [2.75, 3.05) is 26.2 Å². The molecule has 1 aromatic rings. The van der Waals surface area contributed by atoms with Gasteiger partial charge in [0.25, 0.3) is 5.91 Å². The number of ketones is 1. The molecular formula is C25H28N4O3. The fourth-order valence-electron chi connectivity index (χ4n) is 6.22. The molecule has 1 aromatic carbocycles. The molecule has 2 fully saturated rings. The van der Waals surface area contributed by atoms with Crippen molar-refractivity contribution in [3.63, 3.8) is 0 Å². The largest absolute Gasteiger partial charge is 0.370 e. The second kappa shape index (κ2) is 6.38. The summed E-state index contributed by atoms with van der Waals surface area (Å²) in [4.78, 5) is 28.2. The van der Waals surface area contributed by atoms with Gasteiger partial charge in [0.1, 0.15) is 5.60 Å². The van der Waals surface area contributed by atoms with Crippen LogP contribution in [0.1, 0.15) is 49.0 Å². The van der Waals surface area contributed by atoms with Gasteiger partial charge in [0.2, 0.25) is 0 Å². The van der Waals surface area contributed by atoms with E-state index in [9.17, 15) is 9.59 Å². The van der Waals surface area contributed by atoms with Gasteiger partial charge in [-0.1, -0.05) is 31.5 Å². The number of allylic oxidation sites excluding steroid dienone is 1. The first-order chi connectivity index (χ1) is 15.2. The zero-order valence-corrected chi connectivity index (χ0v) is 18.8. The average Bonchev–Trinajstić information content (AvgIpc) is 3.32. The highest BCUT2D eigenvalue weighted by Crippen LogP contribution is 2.58. The molecule has 1 unspecified atom stereocenters. The van der Waals surface area contributed by atoms with Crippen molar-refractivity contribution in [3.8, 4) is 0 Å². The first-order valence-corrected chi connectivity index (χ1v) is 11.4. The molecule has 2 saturated heterocycles. The van der Waals surface area contributed by atoms with Crippen molar-refractivity contribution >= 4 is 11.7 Å². The van der Waals surface area contributed by atoms with E-state index >= 15 is 0 Å². The molecule has 166 valence electrons. The number of Topliss-reactive ketones (excluding diaryl/α,β-unsaturated/α-hetero) is 1. The van der Waals surface area contributed by atoms with E-state index in [1.54, 1.807) is 0 Å². The Labute approximate surface area is 187 Å². The molecular weight excluding hydrogens is 404 g/mol. The van der Waals surface area contributed by atoms with Crippen LogP contribution in [0.2, 0.25) is 0 Å². The molecule has 1 atom stereocenters. The average molecular weight is 433 g/mol. The van der Waals surface area contributed by atoms with Crippen LogP contribution in [0.25, 0.3) is 0 Å². The van der Waals surface area contributed by atoms with Crippen LogP contribution in [0, 0.1) is 17.8 Å². The quantitative estimate of drug-likeness (QED) is 0.736. The standard InChI is InChI=1S/C25H28N4O3/c1-15-4-6-16(7-5-15)22(31)29-12-24(13-29)11-25(14-32-24)17-10-26-28-21(17)27-18-8-23(2,3)9-19(30)20(18)25/h4-7,27H,8-14H2,1-3H3. The predicted octanol–water partition coefficient (Wildman–Crippen LogP) is 3.52. The summed E-state index contributed by atoms with van der Waals surface area (Å²) in [6.45, 7) is 8.34. The molecule has 1 aliphatic carbocycles. The highest BCUT2D eigenvalue weighted by atomic mass is 16.5. The van der Waals surface area contributed by atoms with Crippen LogP contribution in [0.15, 0.2) is 57.2 Å². The lowest BCUT2D eigenvalue weighted by Crippen LogP contribution is -2.63. The summed E-state index contributed by atoms with van der Waals surface area (Å²) in [5.41, 5.74) is 3.80. The Kier molecular flexibility index (Phi) is 3.96.